The van der Waals surface area contributed by atoms with E-state index >= 15 is 0 Å². The summed E-state index contributed by atoms with van der Waals surface area (Å²) in [6.07, 6.45) is 7.90. The Bertz CT molecular complexity index is 328. The van der Waals surface area contributed by atoms with Gasteiger partial charge >= 0.3 is 0 Å². The van der Waals surface area contributed by atoms with Crippen LogP contribution in [0, 0.1) is 5.92 Å². The van der Waals surface area contributed by atoms with Crippen LogP contribution in [0.25, 0.3) is 0 Å². The molecule has 1 aromatic carbocycles. The third kappa shape index (κ3) is 3.10. The Kier molecular flexibility index (Phi) is 4.61. The maximum atomic E-state index is 5.96. The minimum absolute atomic E-state index is 0.699. The first-order chi connectivity index (χ1) is 8.35. The minimum atomic E-state index is 0.699. The van der Waals surface area contributed by atoms with Crippen molar-refractivity contribution in [3.05, 3.63) is 35.4 Å². The standard InChI is InChI=1S/C16H25N/c1-2-13-8-10-14(11-9-13)16-7-5-3-4-6-15(16)12-17/h8-11,15-16H,2-7,12,17H2,1H3. The predicted octanol–water partition coefficient (Wildman–Crippen LogP) is 3.87. The van der Waals surface area contributed by atoms with Crippen LogP contribution in [0.4, 0.5) is 0 Å². The molecule has 0 amide bonds. The van der Waals surface area contributed by atoms with Crippen LogP contribution in [0.15, 0.2) is 24.3 Å². The minimum Gasteiger partial charge on any atom is -0.330 e. The largest absolute Gasteiger partial charge is 0.330 e. The van der Waals surface area contributed by atoms with Crippen molar-refractivity contribution >= 4 is 0 Å². The van der Waals surface area contributed by atoms with Crippen LogP contribution >= 0.6 is 0 Å². The molecule has 0 heterocycles. The van der Waals surface area contributed by atoms with E-state index in [2.05, 4.69) is 31.2 Å². The van der Waals surface area contributed by atoms with Gasteiger partial charge in [0.15, 0.2) is 0 Å². The van der Waals surface area contributed by atoms with E-state index in [-0.39, 0.29) is 0 Å². The van der Waals surface area contributed by atoms with Crippen molar-refractivity contribution in [3.8, 4) is 0 Å². The van der Waals surface area contributed by atoms with Crippen LogP contribution in [-0.4, -0.2) is 6.54 Å². The summed E-state index contributed by atoms with van der Waals surface area (Å²) in [5.41, 5.74) is 8.91. The summed E-state index contributed by atoms with van der Waals surface area (Å²) in [5, 5.41) is 0. The van der Waals surface area contributed by atoms with E-state index in [0.29, 0.717) is 11.8 Å². The molecule has 0 aliphatic heterocycles. The highest BCUT2D eigenvalue weighted by Gasteiger charge is 2.23. The van der Waals surface area contributed by atoms with Crippen LogP contribution in [-0.2, 0) is 6.42 Å². The van der Waals surface area contributed by atoms with Crippen LogP contribution in [0.2, 0.25) is 0 Å². The fraction of sp³-hybridized carbons (Fsp3) is 0.625. The van der Waals surface area contributed by atoms with E-state index in [1.807, 2.05) is 0 Å². The van der Waals surface area contributed by atoms with Gasteiger partial charge in [-0.2, -0.15) is 0 Å². The van der Waals surface area contributed by atoms with Gasteiger partial charge in [-0.25, -0.2) is 0 Å². The quantitative estimate of drug-likeness (QED) is 0.785. The molecule has 1 saturated carbocycles. The van der Waals surface area contributed by atoms with E-state index in [4.69, 9.17) is 5.73 Å². The van der Waals surface area contributed by atoms with Gasteiger partial charge in [0.2, 0.25) is 0 Å². The summed E-state index contributed by atoms with van der Waals surface area (Å²) >= 11 is 0. The lowest BCUT2D eigenvalue weighted by Gasteiger charge is -2.24. The van der Waals surface area contributed by atoms with E-state index in [1.54, 1.807) is 0 Å². The van der Waals surface area contributed by atoms with E-state index in [1.165, 1.54) is 43.2 Å². The molecule has 1 aliphatic carbocycles. The first-order valence-electron chi connectivity index (χ1n) is 7.14. The van der Waals surface area contributed by atoms with Gasteiger partial charge in [-0.1, -0.05) is 50.5 Å². The lowest BCUT2D eigenvalue weighted by Crippen LogP contribution is -2.21. The molecule has 1 nitrogen and oxygen atoms in total. The molecule has 2 rings (SSSR count). The molecule has 2 unspecified atom stereocenters. The average molecular weight is 231 g/mol. The third-order valence-electron chi connectivity index (χ3n) is 4.28. The summed E-state index contributed by atoms with van der Waals surface area (Å²) in [6.45, 7) is 3.06. The topological polar surface area (TPSA) is 26.0 Å². The molecule has 1 heteroatoms. The second-order valence-electron chi connectivity index (χ2n) is 5.34. The van der Waals surface area contributed by atoms with Crippen LogP contribution in [0.5, 0.6) is 0 Å². The van der Waals surface area contributed by atoms with Crippen LogP contribution in [0.3, 0.4) is 0 Å². The monoisotopic (exact) mass is 231 g/mol. The van der Waals surface area contributed by atoms with Gasteiger partial charge in [0.25, 0.3) is 0 Å². The number of hydrogen-bond acceptors (Lipinski definition) is 1. The summed E-state index contributed by atoms with van der Waals surface area (Å²) < 4.78 is 0. The number of nitrogens with two attached hydrogens (primary N) is 1. The van der Waals surface area contributed by atoms with Gasteiger partial charge in [-0.05, 0) is 48.8 Å². The van der Waals surface area contributed by atoms with Crippen molar-refractivity contribution in [2.75, 3.05) is 6.54 Å². The molecular formula is C16H25N. The Balaban J connectivity index is 2.16. The van der Waals surface area contributed by atoms with Crippen molar-refractivity contribution in [2.45, 2.75) is 51.4 Å². The maximum Gasteiger partial charge on any atom is -0.00430 e. The molecule has 17 heavy (non-hydrogen) atoms. The number of rotatable bonds is 3. The van der Waals surface area contributed by atoms with Gasteiger partial charge in [0.05, 0.1) is 0 Å². The molecular weight excluding hydrogens is 206 g/mol. The average Bonchev–Trinajstić information content (AvgIpc) is 2.64. The molecule has 2 N–H and O–H groups in total. The second kappa shape index (κ2) is 6.20. The van der Waals surface area contributed by atoms with Gasteiger partial charge in [-0.15, -0.1) is 0 Å². The molecule has 0 aromatic heterocycles. The zero-order chi connectivity index (χ0) is 12.1. The van der Waals surface area contributed by atoms with Crippen LogP contribution in [0.1, 0.15) is 56.1 Å². The van der Waals surface area contributed by atoms with E-state index in [9.17, 15) is 0 Å². The molecule has 1 fully saturated rings. The van der Waals surface area contributed by atoms with Gasteiger partial charge in [-0.3, -0.25) is 0 Å². The smallest absolute Gasteiger partial charge is 0.00430 e. The summed E-state index contributed by atoms with van der Waals surface area (Å²) in [6, 6.07) is 9.23. The molecule has 0 radical (unpaired) electrons. The van der Waals surface area contributed by atoms with Crippen molar-refractivity contribution in [3.63, 3.8) is 0 Å². The number of aryl methyl sites for hydroxylation is 1. The zero-order valence-corrected chi connectivity index (χ0v) is 11.0. The Morgan fingerprint density at radius 1 is 1.06 bits per heavy atom. The van der Waals surface area contributed by atoms with Crippen LogP contribution < -0.4 is 5.73 Å². The predicted molar refractivity (Wildman–Crippen MR) is 74.2 cm³/mol. The Labute approximate surface area is 105 Å². The summed E-state index contributed by atoms with van der Waals surface area (Å²) in [5.74, 6) is 1.40. The molecule has 2 atom stereocenters. The van der Waals surface area contributed by atoms with Crippen molar-refractivity contribution in [1.29, 1.82) is 0 Å². The van der Waals surface area contributed by atoms with Crippen molar-refractivity contribution in [1.82, 2.24) is 0 Å². The molecule has 0 spiro atoms. The van der Waals surface area contributed by atoms with Crippen molar-refractivity contribution in [2.24, 2.45) is 11.7 Å². The molecule has 0 saturated heterocycles. The zero-order valence-electron chi connectivity index (χ0n) is 11.0. The number of hydrogen-bond donors (Lipinski definition) is 1. The first-order valence-corrected chi connectivity index (χ1v) is 7.14. The first kappa shape index (κ1) is 12.6. The third-order valence-corrected chi connectivity index (χ3v) is 4.28. The highest BCUT2D eigenvalue weighted by molar-refractivity contribution is 5.26. The fourth-order valence-electron chi connectivity index (χ4n) is 3.11. The molecule has 94 valence electrons. The van der Waals surface area contributed by atoms with Crippen molar-refractivity contribution < 1.29 is 0 Å². The SMILES string of the molecule is CCc1ccc(C2CCCCCC2CN)cc1. The van der Waals surface area contributed by atoms with E-state index < -0.39 is 0 Å². The molecule has 1 aromatic rings. The normalized spacial score (nSPS) is 25.5. The van der Waals surface area contributed by atoms with E-state index in [0.717, 1.165) is 13.0 Å². The van der Waals surface area contributed by atoms with Gasteiger partial charge in [0, 0.05) is 0 Å². The lowest BCUT2D eigenvalue weighted by atomic mass is 9.82. The summed E-state index contributed by atoms with van der Waals surface area (Å²) in [7, 11) is 0. The second-order valence-corrected chi connectivity index (χ2v) is 5.34. The highest BCUT2D eigenvalue weighted by atomic mass is 14.6. The highest BCUT2D eigenvalue weighted by Crippen LogP contribution is 2.36. The van der Waals surface area contributed by atoms with Gasteiger partial charge < -0.3 is 5.73 Å². The Morgan fingerprint density at radius 3 is 2.41 bits per heavy atom. The maximum absolute atomic E-state index is 5.96. The molecule has 0 bridgehead atoms. The fourth-order valence-corrected chi connectivity index (χ4v) is 3.11. The Morgan fingerprint density at radius 2 is 1.76 bits per heavy atom. The Hall–Kier alpha value is -0.820. The summed E-state index contributed by atoms with van der Waals surface area (Å²) in [4.78, 5) is 0. The lowest BCUT2D eigenvalue weighted by molar-refractivity contribution is 0.408. The number of benzene rings is 1. The molecule has 1 aliphatic rings. The van der Waals surface area contributed by atoms with Gasteiger partial charge in [0.1, 0.15) is 0 Å².